The van der Waals surface area contributed by atoms with E-state index in [1.165, 1.54) is 12.1 Å². The quantitative estimate of drug-likeness (QED) is 0.883. The summed E-state index contributed by atoms with van der Waals surface area (Å²) in [6.07, 6.45) is 5.38. The zero-order valence-electron chi connectivity index (χ0n) is 12.7. The van der Waals surface area contributed by atoms with E-state index in [2.05, 4.69) is 4.98 Å². The maximum Gasteiger partial charge on any atom is 0.289 e. The predicted molar refractivity (Wildman–Crippen MR) is 81.1 cm³/mol. The van der Waals surface area contributed by atoms with Gasteiger partial charge in [-0.05, 0) is 31.9 Å². The molecule has 1 unspecified atom stereocenters. The van der Waals surface area contributed by atoms with Crippen molar-refractivity contribution in [3.63, 3.8) is 0 Å². The van der Waals surface area contributed by atoms with Crippen LogP contribution >= 0.6 is 0 Å². The maximum atomic E-state index is 12.6. The molecule has 1 aliphatic heterocycles. The third-order valence-electron chi connectivity index (χ3n) is 4.04. The van der Waals surface area contributed by atoms with Crippen LogP contribution in [0.5, 0.6) is 0 Å². The van der Waals surface area contributed by atoms with Crippen LogP contribution in [0, 0.1) is 6.92 Å². The number of aromatic nitrogens is 2. The Morgan fingerprint density at radius 2 is 2.26 bits per heavy atom. The van der Waals surface area contributed by atoms with Gasteiger partial charge in [0.2, 0.25) is 5.09 Å². The monoisotopic (exact) mass is 338 g/mol. The van der Waals surface area contributed by atoms with E-state index < -0.39 is 15.1 Å². The molecule has 8 nitrogen and oxygen atoms in total. The summed E-state index contributed by atoms with van der Waals surface area (Å²) in [6, 6.07) is 2.58. The molecule has 2 aromatic rings. The largest absolute Gasteiger partial charge is 0.438 e. The van der Waals surface area contributed by atoms with Gasteiger partial charge in [-0.2, -0.15) is 0 Å². The molecule has 3 heterocycles. The summed E-state index contributed by atoms with van der Waals surface area (Å²) in [7, 11) is -3.95. The molecule has 0 saturated carbocycles. The summed E-state index contributed by atoms with van der Waals surface area (Å²) in [4.78, 5) is 18.5. The van der Waals surface area contributed by atoms with Gasteiger partial charge in [0, 0.05) is 25.5 Å². The lowest BCUT2D eigenvalue weighted by molar-refractivity contribution is 0.0685. The number of nitrogens with zero attached hydrogens (tertiary/aromatic N) is 3. The summed E-state index contributed by atoms with van der Waals surface area (Å²) in [6.45, 7) is 3.18. The minimum Gasteiger partial charge on any atom is -0.438 e. The number of amides is 1. The number of furan rings is 1. The summed E-state index contributed by atoms with van der Waals surface area (Å²) < 4.78 is 29.6. The maximum absolute atomic E-state index is 12.6. The topological polar surface area (TPSA) is 111 Å². The molecule has 2 aromatic heterocycles. The number of carbonyl (C=O) groups excluding carboxylic acids is 1. The Kier molecular flexibility index (Phi) is 3.99. The van der Waals surface area contributed by atoms with Crippen molar-refractivity contribution in [1.82, 2.24) is 14.5 Å². The number of rotatable bonds is 4. The highest BCUT2D eigenvalue weighted by Crippen LogP contribution is 2.23. The summed E-state index contributed by atoms with van der Waals surface area (Å²) in [5, 5.41) is 4.60. The van der Waals surface area contributed by atoms with Crippen LogP contribution < -0.4 is 5.14 Å². The molecular weight excluding hydrogens is 320 g/mol. The average Bonchev–Trinajstić information content (AvgIpc) is 3.19. The van der Waals surface area contributed by atoms with Gasteiger partial charge in [0.1, 0.15) is 5.82 Å². The highest BCUT2D eigenvalue weighted by Gasteiger charge is 2.32. The highest BCUT2D eigenvalue weighted by atomic mass is 32.2. The Labute approximate surface area is 133 Å². The zero-order chi connectivity index (χ0) is 16.6. The molecule has 1 atom stereocenters. The molecule has 1 fully saturated rings. The SMILES string of the molecule is Cc1nccn1CC1CCCN1C(=O)c1ccc(S(N)(=O)=O)o1. The number of likely N-dealkylation sites (tertiary alicyclic amines) is 1. The molecule has 1 amide bonds. The van der Waals surface area contributed by atoms with Gasteiger partial charge in [-0.1, -0.05) is 0 Å². The lowest BCUT2D eigenvalue weighted by Crippen LogP contribution is -2.38. The highest BCUT2D eigenvalue weighted by molar-refractivity contribution is 7.89. The number of hydrogen-bond donors (Lipinski definition) is 1. The molecule has 23 heavy (non-hydrogen) atoms. The second-order valence-corrected chi connectivity index (χ2v) is 7.08. The number of aryl methyl sites for hydroxylation is 1. The predicted octanol–water partition coefficient (Wildman–Crippen LogP) is 0.737. The molecule has 1 aliphatic rings. The van der Waals surface area contributed by atoms with Crippen LogP contribution in [0.3, 0.4) is 0 Å². The van der Waals surface area contributed by atoms with Gasteiger partial charge >= 0.3 is 0 Å². The van der Waals surface area contributed by atoms with E-state index in [0.29, 0.717) is 13.1 Å². The van der Waals surface area contributed by atoms with Gasteiger partial charge in [-0.3, -0.25) is 4.79 Å². The number of sulfonamides is 1. The summed E-state index contributed by atoms with van der Waals surface area (Å²) in [5.74, 6) is 0.558. The first-order valence-corrected chi connectivity index (χ1v) is 8.82. The molecular formula is C14H18N4O4S. The fraction of sp³-hybridized carbons (Fsp3) is 0.429. The number of carbonyl (C=O) groups is 1. The van der Waals surface area contributed by atoms with Crippen molar-refractivity contribution in [1.29, 1.82) is 0 Å². The lowest BCUT2D eigenvalue weighted by Gasteiger charge is -2.24. The van der Waals surface area contributed by atoms with E-state index in [4.69, 9.17) is 9.56 Å². The molecule has 0 radical (unpaired) electrons. The molecule has 3 rings (SSSR count). The van der Waals surface area contributed by atoms with Crippen molar-refractivity contribution < 1.29 is 17.6 Å². The van der Waals surface area contributed by atoms with Crippen molar-refractivity contribution >= 4 is 15.9 Å². The number of primary sulfonamides is 1. The molecule has 2 N–H and O–H groups in total. The third kappa shape index (κ3) is 3.15. The van der Waals surface area contributed by atoms with Crippen LogP contribution in [0.2, 0.25) is 0 Å². The fourth-order valence-electron chi connectivity index (χ4n) is 2.85. The summed E-state index contributed by atoms with van der Waals surface area (Å²) >= 11 is 0. The van der Waals surface area contributed by atoms with E-state index in [9.17, 15) is 13.2 Å². The summed E-state index contributed by atoms with van der Waals surface area (Å²) in [5.41, 5.74) is 0. The van der Waals surface area contributed by atoms with E-state index in [1.54, 1.807) is 11.1 Å². The number of nitrogens with two attached hydrogens (primary N) is 1. The fourth-order valence-corrected chi connectivity index (χ4v) is 3.31. The van der Waals surface area contributed by atoms with Crippen LogP contribution in [0.15, 0.2) is 34.0 Å². The van der Waals surface area contributed by atoms with E-state index >= 15 is 0 Å². The van der Waals surface area contributed by atoms with E-state index in [0.717, 1.165) is 18.7 Å². The number of hydrogen-bond acceptors (Lipinski definition) is 5. The van der Waals surface area contributed by atoms with E-state index in [1.807, 2.05) is 17.7 Å². The Morgan fingerprint density at radius 1 is 1.48 bits per heavy atom. The van der Waals surface area contributed by atoms with Crippen molar-refractivity contribution in [2.45, 2.75) is 37.4 Å². The second-order valence-electron chi connectivity index (χ2n) is 5.59. The van der Waals surface area contributed by atoms with Crippen LogP contribution in [0.4, 0.5) is 0 Å². The molecule has 0 aromatic carbocycles. The standard InChI is InChI=1S/C14H18N4O4S/c1-10-16-6-8-17(10)9-11-3-2-7-18(11)14(19)12-4-5-13(22-12)23(15,20)21/h4-6,8,11H,2-3,7,9H2,1H3,(H2,15,20,21). The first-order valence-electron chi connectivity index (χ1n) is 7.27. The Morgan fingerprint density at radius 3 is 2.87 bits per heavy atom. The minimum absolute atomic E-state index is 0.0109. The van der Waals surface area contributed by atoms with Crippen molar-refractivity contribution in [2.75, 3.05) is 6.54 Å². The van der Waals surface area contributed by atoms with Gasteiger partial charge in [-0.25, -0.2) is 18.5 Å². The van der Waals surface area contributed by atoms with Crippen LogP contribution in [0.25, 0.3) is 0 Å². The van der Waals surface area contributed by atoms with E-state index in [-0.39, 0.29) is 17.7 Å². The molecule has 0 spiro atoms. The van der Waals surface area contributed by atoms with Crippen molar-refractivity contribution in [3.8, 4) is 0 Å². The van der Waals surface area contributed by atoms with Crippen molar-refractivity contribution in [2.24, 2.45) is 5.14 Å². The second kappa shape index (κ2) is 5.82. The Hall–Kier alpha value is -2.13. The normalized spacial score (nSPS) is 18.5. The van der Waals surface area contributed by atoms with Gasteiger partial charge in [0.05, 0.1) is 6.04 Å². The van der Waals surface area contributed by atoms with Crippen LogP contribution in [-0.4, -0.2) is 41.4 Å². The van der Waals surface area contributed by atoms with Crippen LogP contribution in [-0.2, 0) is 16.6 Å². The molecule has 124 valence electrons. The Bertz CT molecular complexity index is 823. The van der Waals surface area contributed by atoms with Gasteiger partial charge in [-0.15, -0.1) is 0 Å². The van der Waals surface area contributed by atoms with Crippen molar-refractivity contribution in [3.05, 3.63) is 36.1 Å². The molecule has 1 saturated heterocycles. The zero-order valence-corrected chi connectivity index (χ0v) is 13.5. The molecule has 0 bridgehead atoms. The van der Waals surface area contributed by atoms with Gasteiger partial charge < -0.3 is 13.9 Å². The lowest BCUT2D eigenvalue weighted by atomic mass is 10.2. The number of imidazole rings is 1. The Balaban J connectivity index is 1.78. The minimum atomic E-state index is -3.95. The van der Waals surface area contributed by atoms with Crippen LogP contribution in [0.1, 0.15) is 29.2 Å². The first-order chi connectivity index (χ1) is 10.9. The smallest absolute Gasteiger partial charge is 0.289 e. The van der Waals surface area contributed by atoms with Gasteiger partial charge in [0.25, 0.3) is 15.9 Å². The first kappa shape index (κ1) is 15.8. The van der Waals surface area contributed by atoms with Gasteiger partial charge in [0.15, 0.2) is 5.76 Å². The molecule has 0 aliphatic carbocycles. The molecule has 9 heteroatoms. The average molecular weight is 338 g/mol. The third-order valence-corrected chi connectivity index (χ3v) is 4.82.